The first-order chi connectivity index (χ1) is 15.2. The summed E-state index contributed by atoms with van der Waals surface area (Å²) >= 11 is 0. The Labute approximate surface area is 188 Å². The third kappa shape index (κ3) is 4.47. The van der Waals surface area contributed by atoms with Crippen LogP contribution in [0.1, 0.15) is 19.4 Å². The fraction of sp³-hybridized carbons (Fsp3) is 0.391. The number of hydrogen-bond acceptors (Lipinski definition) is 7. The first kappa shape index (κ1) is 22.6. The van der Waals surface area contributed by atoms with Crippen molar-refractivity contribution in [2.24, 2.45) is 0 Å². The Hall–Kier alpha value is -2.59. The van der Waals surface area contributed by atoms with Gasteiger partial charge in [0, 0.05) is 29.4 Å². The van der Waals surface area contributed by atoms with E-state index >= 15 is 0 Å². The van der Waals surface area contributed by atoms with E-state index in [2.05, 4.69) is 19.8 Å². The Kier molecular flexibility index (Phi) is 6.17. The fourth-order valence-corrected chi connectivity index (χ4v) is 5.48. The fourth-order valence-electron chi connectivity index (χ4n) is 3.80. The van der Waals surface area contributed by atoms with Crippen LogP contribution in [0.5, 0.6) is 0 Å². The third-order valence-electron chi connectivity index (χ3n) is 5.54. The van der Waals surface area contributed by atoms with Crippen LogP contribution in [-0.4, -0.2) is 62.2 Å². The van der Waals surface area contributed by atoms with Gasteiger partial charge in [0.2, 0.25) is 10.0 Å². The highest BCUT2D eigenvalue weighted by Gasteiger charge is 2.27. The van der Waals surface area contributed by atoms with E-state index in [1.807, 2.05) is 30.3 Å². The molecule has 2 N–H and O–H groups in total. The van der Waals surface area contributed by atoms with E-state index in [1.165, 1.54) is 0 Å². The zero-order valence-electron chi connectivity index (χ0n) is 18.5. The maximum atomic E-state index is 13.1. The quantitative estimate of drug-likeness (QED) is 0.587. The van der Waals surface area contributed by atoms with Gasteiger partial charge in [-0.2, -0.15) is 0 Å². The smallest absolute Gasteiger partial charge is 0.241 e. The van der Waals surface area contributed by atoms with Crippen molar-refractivity contribution in [1.29, 1.82) is 0 Å². The maximum Gasteiger partial charge on any atom is 0.241 e. The first-order valence-electron chi connectivity index (χ1n) is 10.6. The van der Waals surface area contributed by atoms with E-state index in [4.69, 9.17) is 4.74 Å². The maximum absolute atomic E-state index is 13.1. The zero-order valence-corrected chi connectivity index (χ0v) is 19.3. The van der Waals surface area contributed by atoms with Crippen LogP contribution in [0.2, 0.25) is 0 Å². The number of sulfonamides is 1. The molecule has 1 fully saturated rings. The SMILES string of the molecule is Cc1ccc(-c2nnc(N3CCOCC3)c3ccccc23)cc1S(=O)(=O)NC(C)(C)CO. The number of ether oxygens (including phenoxy) is 1. The lowest BCUT2D eigenvalue weighted by Crippen LogP contribution is -2.46. The molecule has 0 amide bonds. The van der Waals surface area contributed by atoms with E-state index in [0.29, 0.717) is 30.0 Å². The topological polar surface area (TPSA) is 105 Å². The molecule has 0 radical (unpaired) electrons. The van der Waals surface area contributed by atoms with Gasteiger partial charge in [-0.1, -0.05) is 36.4 Å². The highest BCUT2D eigenvalue weighted by molar-refractivity contribution is 7.89. The summed E-state index contributed by atoms with van der Waals surface area (Å²) in [6, 6.07) is 13.1. The van der Waals surface area contributed by atoms with E-state index in [1.54, 1.807) is 32.9 Å². The average Bonchev–Trinajstić information content (AvgIpc) is 2.78. The van der Waals surface area contributed by atoms with Gasteiger partial charge in [0.15, 0.2) is 5.82 Å². The van der Waals surface area contributed by atoms with Crippen molar-refractivity contribution in [3.8, 4) is 11.3 Å². The lowest BCUT2D eigenvalue weighted by molar-refractivity contribution is 0.122. The van der Waals surface area contributed by atoms with Crippen LogP contribution < -0.4 is 9.62 Å². The number of nitrogens with zero attached hydrogens (tertiary/aromatic N) is 3. The zero-order chi connectivity index (χ0) is 22.9. The molecular formula is C23H28N4O4S. The van der Waals surface area contributed by atoms with Crippen molar-refractivity contribution in [3.63, 3.8) is 0 Å². The molecule has 1 aliphatic rings. The van der Waals surface area contributed by atoms with Crippen LogP contribution in [0.3, 0.4) is 0 Å². The summed E-state index contributed by atoms with van der Waals surface area (Å²) in [7, 11) is -3.85. The van der Waals surface area contributed by atoms with Gasteiger partial charge < -0.3 is 14.7 Å². The monoisotopic (exact) mass is 456 g/mol. The molecule has 0 aliphatic carbocycles. The van der Waals surface area contributed by atoms with Crippen molar-refractivity contribution in [2.45, 2.75) is 31.2 Å². The Bertz CT molecular complexity index is 1240. The van der Waals surface area contributed by atoms with Gasteiger partial charge in [-0.3, -0.25) is 0 Å². The Morgan fingerprint density at radius 1 is 1.09 bits per heavy atom. The molecule has 8 nitrogen and oxygen atoms in total. The molecule has 170 valence electrons. The molecule has 0 spiro atoms. The molecule has 32 heavy (non-hydrogen) atoms. The highest BCUT2D eigenvalue weighted by atomic mass is 32.2. The predicted octanol–water partition coefficient (Wildman–Crippen LogP) is 2.49. The van der Waals surface area contributed by atoms with Crippen LogP contribution >= 0.6 is 0 Å². The number of hydrogen-bond donors (Lipinski definition) is 2. The summed E-state index contributed by atoms with van der Waals surface area (Å²) < 4.78 is 34.1. The third-order valence-corrected chi connectivity index (χ3v) is 7.38. The Morgan fingerprint density at radius 3 is 2.47 bits per heavy atom. The number of aliphatic hydroxyl groups is 1. The van der Waals surface area contributed by atoms with Crippen molar-refractivity contribution in [2.75, 3.05) is 37.8 Å². The van der Waals surface area contributed by atoms with Crippen LogP contribution in [-0.2, 0) is 14.8 Å². The van der Waals surface area contributed by atoms with Crippen LogP contribution in [0, 0.1) is 6.92 Å². The Morgan fingerprint density at radius 2 is 1.78 bits per heavy atom. The molecule has 0 saturated carbocycles. The summed E-state index contributed by atoms with van der Waals surface area (Å²) in [6.45, 7) is 7.48. The molecule has 1 aromatic heterocycles. The molecule has 2 heterocycles. The minimum Gasteiger partial charge on any atom is -0.394 e. The molecular weight excluding hydrogens is 428 g/mol. The lowest BCUT2D eigenvalue weighted by atomic mass is 10.0. The molecule has 4 rings (SSSR count). The van der Waals surface area contributed by atoms with Gasteiger partial charge in [0.25, 0.3) is 0 Å². The highest BCUT2D eigenvalue weighted by Crippen LogP contribution is 2.33. The number of anilines is 1. The van der Waals surface area contributed by atoms with Crippen LogP contribution in [0.15, 0.2) is 47.4 Å². The van der Waals surface area contributed by atoms with Gasteiger partial charge in [0.1, 0.15) is 5.69 Å². The van der Waals surface area contributed by atoms with Crippen molar-refractivity contribution in [1.82, 2.24) is 14.9 Å². The molecule has 1 aliphatic heterocycles. The number of aryl methyl sites for hydroxylation is 1. The second kappa shape index (κ2) is 8.74. The number of benzene rings is 2. The van der Waals surface area contributed by atoms with Gasteiger partial charge in [-0.05, 0) is 32.4 Å². The normalized spacial score (nSPS) is 15.3. The number of morpholine rings is 1. The van der Waals surface area contributed by atoms with Gasteiger partial charge in [-0.15, -0.1) is 10.2 Å². The molecule has 9 heteroatoms. The number of fused-ring (bicyclic) bond motifs is 1. The molecule has 1 saturated heterocycles. The van der Waals surface area contributed by atoms with Gasteiger partial charge in [-0.25, -0.2) is 13.1 Å². The standard InChI is InChI=1S/C23H28N4O4S/c1-16-8-9-17(14-20(16)32(29,30)26-23(2,3)15-28)21-18-6-4-5-7-19(18)22(25-24-21)27-10-12-31-13-11-27/h4-9,14,26,28H,10-13,15H2,1-3H3. The molecule has 2 aromatic carbocycles. The van der Waals surface area contributed by atoms with E-state index < -0.39 is 15.6 Å². The molecule has 3 aromatic rings. The molecule has 0 atom stereocenters. The van der Waals surface area contributed by atoms with E-state index in [0.717, 1.165) is 29.7 Å². The van der Waals surface area contributed by atoms with E-state index in [-0.39, 0.29) is 11.5 Å². The van der Waals surface area contributed by atoms with Crippen molar-refractivity contribution < 1.29 is 18.3 Å². The number of aliphatic hydroxyl groups excluding tert-OH is 1. The predicted molar refractivity (Wildman–Crippen MR) is 124 cm³/mol. The van der Waals surface area contributed by atoms with Gasteiger partial charge >= 0.3 is 0 Å². The van der Waals surface area contributed by atoms with Crippen LogP contribution in [0.25, 0.3) is 22.0 Å². The van der Waals surface area contributed by atoms with Crippen molar-refractivity contribution in [3.05, 3.63) is 48.0 Å². The molecule has 0 bridgehead atoms. The average molecular weight is 457 g/mol. The summed E-state index contributed by atoms with van der Waals surface area (Å²) in [4.78, 5) is 2.31. The summed E-state index contributed by atoms with van der Waals surface area (Å²) in [6.07, 6.45) is 0. The first-order valence-corrected chi connectivity index (χ1v) is 12.0. The minimum absolute atomic E-state index is 0.152. The lowest BCUT2D eigenvalue weighted by Gasteiger charge is -2.28. The number of aromatic nitrogens is 2. The Balaban J connectivity index is 1.81. The minimum atomic E-state index is -3.85. The van der Waals surface area contributed by atoms with Crippen molar-refractivity contribution >= 4 is 26.6 Å². The second-order valence-corrected chi connectivity index (χ2v) is 10.3. The second-order valence-electron chi connectivity index (χ2n) is 8.64. The van der Waals surface area contributed by atoms with Crippen LogP contribution in [0.4, 0.5) is 5.82 Å². The summed E-state index contributed by atoms with van der Waals surface area (Å²) in [5.74, 6) is 0.805. The molecule has 0 unspecified atom stereocenters. The largest absolute Gasteiger partial charge is 0.394 e. The summed E-state index contributed by atoms with van der Waals surface area (Å²) in [5, 5.41) is 20.4. The van der Waals surface area contributed by atoms with Gasteiger partial charge in [0.05, 0.1) is 30.3 Å². The number of rotatable bonds is 6. The number of nitrogens with one attached hydrogen (secondary N) is 1. The summed E-state index contributed by atoms with van der Waals surface area (Å²) in [5.41, 5.74) is 0.913. The van der Waals surface area contributed by atoms with E-state index in [9.17, 15) is 13.5 Å².